The van der Waals surface area contributed by atoms with E-state index in [4.69, 9.17) is 0 Å². The predicted octanol–water partition coefficient (Wildman–Crippen LogP) is 2.68. The third kappa shape index (κ3) is 2.79. The average Bonchev–Trinajstić information content (AvgIpc) is 2.15. The first-order chi connectivity index (χ1) is 7.46. The third-order valence-corrected chi connectivity index (χ3v) is 2.97. The molecule has 1 atom stereocenters. The molecule has 17 heavy (non-hydrogen) atoms. The highest BCUT2D eigenvalue weighted by Crippen LogP contribution is 2.35. The van der Waals surface area contributed by atoms with E-state index in [9.17, 15) is 23.4 Å². The van der Waals surface area contributed by atoms with Gasteiger partial charge in [0.15, 0.2) is 0 Å². The Morgan fingerprint density at radius 2 is 1.18 bits per heavy atom. The molecule has 1 rings (SSSR count). The van der Waals surface area contributed by atoms with Gasteiger partial charge in [-0.3, -0.25) is 0 Å². The molecule has 2 N–H and O–H groups in total. The van der Waals surface area contributed by atoms with Gasteiger partial charge in [-0.2, -0.15) is 13.2 Å². The molecule has 0 aromatic heterocycles. The molecule has 0 fully saturated rings. The third-order valence-electron chi connectivity index (χ3n) is 2.97. The molecule has 5 heteroatoms. The summed E-state index contributed by atoms with van der Waals surface area (Å²) in [5.74, 6) is 0. The number of hydrogen-bond donors (Lipinski definition) is 2. The summed E-state index contributed by atoms with van der Waals surface area (Å²) in [7, 11) is 0. The van der Waals surface area contributed by atoms with Gasteiger partial charge in [0, 0.05) is 0 Å². The Morgan fingerprint density at radius 1 is 0.824 bits per heavy atom. The predicted molar refractivity (Wildman–Crippen MR) is 57.3 cm³/mol. The van der Waals surface area contributed by atoms with E-state index in [1.807, 2.05) is 0 Å². The van der Waals surface area contributed by atoms with Crippen LogP contribution in [0, 0.1) is 0 Å². The van der Waals surface area contributed by atoms with Crippen molar-refractivity contribution in [2.75, 3.05) is 0 Å². The first-order valence-electron chi connectivity index (χ1n) is 5.09. The van der Waals surface area contributed by atoms with Gasteiger partial charge in [-0.15, -0.1) is 0 Å². The summed E-state index contributed by atoms with van der Waals surface area (Å²) >= 11 is 0. The lowest BCUT2D eigenvalue weighted by atomic mass is 9.81. The maximum atomic E-state index is 12.3. The van der Waals surface area contributed by atoms with Crippen molar-refractivity contribution in [2.24, 2.45) is 0 Å². The molecule has 0 amide bonds. The summed E-state index contributed by atoms with van der Waals surface area (Å²) in [6.45, 7) is 4.14. The molecule has 0 heterocycles. The van der Waals surface area contributed by atoms with Crippen LogP contribution in [0.4, 0.5) is 13.2 Å². The molecule has 0 saturated carbocycles. The smallest absolute Gasteiger partial charge is 0.387 e. The fourth-order valence-electron chi connectivity index (χ4n) is 1.34. The highest BCUT2D eigenvalue weighted by Gasteiger charge is 2.39. The summed E-state index contributed by atoms with van der Waals surface area (Å²) in [4.78, 5) is 0. The minimum Gasteiger partial charge on any atom is -0.387 e. The van der Waals surface area contributed by atoms with Gasteiger partial charge < -0.3 is 10.2 Å². The Bertz CT molecular complexity index is 386. The van der Waals surface area contributed by atoms with Crippen LogP contribution in [0.5, 0.6) is 0 Å². The minimum absolute atomic E-state index is 0.234. The van der Waals surface area contributed by atoms with Gasteiger partial charge in [-0.1, -0.05) is 12.1 Å². The monoisotopic (exact) mass is 248 g/mol. The molecular formula is C12H15F3O2. The Labute approximate surface area is 97.7 Å². The van der Waals surface area contributed by atoms with Crippen molar-refractivity contribution in [2.45, 2.75) is 38.1 Å². The minimum atomic E-state index is -4.40. The van der Waals surface area contributed by atoms with Crippen molar-refractivity contribution in [3.63, 3.8) is 0 Å². The second-order valence-electron chi connectivity index (χ2n) is 4.71. The van der Waals surface area contributed by atoms with Gasteiger partial charge in [0.2, 0.25) is 0 Å². The van der Waals surface area contributed by atoms with E-state index in [1.54, 1.807) is 0 Å². The SMILES string of the molecule is CC(C)(O)C(C)(O)c1ccc(C(F)(F)F)cc1. The first-order valence-corrected chi connectivity index (χ1v) is 5.09. The fourth-order valence-corrected chi connectivity index (χ4v) is 1.34. The van der Waals surface area contributed by atoms with E-state index in [-0.39, 0.29) is 5.56 Å². The summed E-state index contributed by atoms with van der Waals surface area (Å²) in [6, 6.07) is 4.10. The molecule has 1 aromatic carbocycles. The molecule has 96 valence electrons. The molecule has 0 aliphatic rings. The van der Waals surface area contributed by atoms with E-state index in [1.165, 1.54) is 32.9 Å². The Kier molecular flexibility index (Phi) is 3.29. The highest BCUT2D eigenvalue weighted by atomic mass is 19.4. The van der Waals surface area contributed by atoms with Gasteiger partial charge in [-0.05, 0) is 38.5 Å². The van der Waals surface area contributed by atoms with Gasteiger partial charge in [-0.25, -0.2) is 0 Å². The normalized spacial score (nSPS) is 16.7. The molecule has 1 aromatic rings. The van der Waals surface area contributed by atoms with Crippen LogP contribution in [0.1, 0.15) is 31.9 Å². The second kappa shape index (κ2) is 3.99. The molecule has 0 radical (unpaired) electrons. The number of aliphatic hydroxyl groups is 2. The van der Waals surface area contributed by atoms with Crippen molar-refractivity contribution in [3.05, 3.63) is 35.4 Å². The van der Waals surface area contributed by atoms with Crippen LogP contribution in [-0.4, -0.2) is 15.8 Å². The highest BCUT2D eigenvalue weighted by molar-refractivity contribution is 5.30. The van der Waals surface area contributed by atoms with Crippen LogP contribution >= 0.6 is 0 Å². The first kappa shape index (κ1) is 14.0. The quantitative estimate of drug-likeness (QED) is 0.844. The van der Waals surface area contributed by atoms with Crippen LogP contribution < -0.4 is 0 Å². The summed E-state index contributed by atoms with van der Waals surface area (Å²) in [6.07, 6.45) is -4.40. The second-order valence-corrected chi connectivity index (χ2v) is 4.71. The molecular weight excluding hydrogens is 233 g/mol. The van der Waals surface area contributed by atoms with Crippen molar-refractivity contribution < 1.29 is 23.4 Å². The standard InChI is InChI=1S/C12H15F3O2/c1-10(2,16)11(3,17)8-4-6-9(7-5-8)12(13,14)15/h4-7,16-17H,1-3H3. The topological polar surface area (TPSA) is 40.5 Å². The number of benzene rings is 1. The Morgan fingerprint density at radius 3 is 1.47 bits per heavy atom. The zero-order valence-corrected chi connectivity index (χ0v) is 9.84. The van der Waals surface area contributed by atoms with Gasteiger partial charge in [0.1, 0.15) is 5.60 Å². The lowest BCUT2D eigenvalue weighted by molar-refractivity contribution is -0.138. The van der Waals surface area contributed by atoms with E-state index < -0.39 is 22.9 Å². The fraction of sp³-hybridized carbons (Fsp3) is 0.500. The zero-order chi connectivity index (χ0) is 13.5. The van der Waals surface area contributed by atoms with Crippen LogP contribution in [0.25, 0.3) is 0 Å². The zero-order valence-electron chi connectivity index (χ0n) is 9.84. The van der Waals surface area contributed by atoms with Crippen molar-refractivity contribution in [1.82, 2.24) is 0 Å². The summed E-state index contributed by atoms with van der Waals surface area (Å²) in [5.41, 5.74) is -3.62. The summed E-state index contributed by atoms with van der Waals surface area (Å²) in [5, 5.41) is 19.8. The Balaban J connectivity index is 3.12. The van der Waals surface area contributed by atoms with E-state index >= 15 is 0 Å². The molecule has 0 aliphatic heterocycles. The molecule has 1 unspecified atom stereocenters. The van der Waals surface area contributed by atoms with E-state index in [2.05, 4.69) is 0 Å². The van der Waals surface area contributed by atoms with Crippen molar-refractivity contribution in [1.29, 1.82) is 0 Å². The maximum absolute atomic E-state index is 12.3. The lowest BCUT2D eigenvalue weighted by Crippen LogP contribution is -2.44. The number of rotatable bonds is 2. The van der Waals surface area contributed by atoms with Crippen molar-refractivity contribution in [3.8, 4) is 0 Å². The van der Waals surface area contributed by atoms with E-state index in [0.29, 0.717) is 0 Å². The van der Waals surface area contributed by atoms with Crippen LogP contribution in [0.3, 0.4) is 0 Å². The largest absolute Gasteiger partial charge is 0.416 e. The molecule has 0 bridgehead atoms. The van der Waals surface area contributed by atoms with Crippen LogP contribution in [-0.2, 0) is 11.8 Å². The molecule has 2 nitrogen and oxygen atoms in total. The van der Waals surface area contributed by atoms with Crippen molar-refractivity contribution >= 4 is 0 Å². The number of hydrogen-bond acceptors (Lipinski definition) is 2. The van der Waals surface area contributed by atoms with Crippen LogP contribution in [0.15, 0.2) is 24.3 Å². The van der Waals surface area contributed by atoms with Gasteiger partial charge in [0.05, 0.1) is 11.2 Å². The lowest BCUT2D eigenvalue weighted by Gasteiger charge is -2.36. The van der Waals surface area contributed by atoms with Crippen LogP contribution in [0.2, 0.25) is 0 Å². The molecule has 0 spiro atoms. The number of alkyl halides is 3. The summed E-state index contributed by atoms with van der Waals surface area (Å²) < 4.78 is 37.0. The Hall–Kier alpha value is -1.07. The van der Waals surface area contributed by atoms with Gasteiger partial charge >= 0.3 is 6.18 Å². The van der Waals surface area contributed by atoms with E-state index in [0.717, 1.165) is 12.1 Å². The number of halogens is 3. The molecule has 0 aliphatic carbocycles. The average molecular weight is 248 g/mol. The maximum Gasteiger partial charge on any atom is 0.416 e. The van der Waals surface area contributed by atoms with Gasteiger partial charge in [0.25, 0.3) is 0 Å². The molecule has 0 saturated heterocycles.